The minimum absolute atomic E-state index is 0.351. The maximum absolute atomic E-state index is 9.23. The summed E-state index contributed by atoms with van der Waals surface area (Å²) < 4.78 is 10.4. The molecule has 0 spiro atoms. The van der Waals surface area contributed by atoms with E-state index in [2.05, 4.69) is 25.2 Å². The molecule has 0 fully saturated rings. The van der Waals surface area contributed by atoms with Gasteiger partial charge in [0.05, 0.1) is 20.3 Å². The predicted octanol–water partition coefficient (Wildman–Crippen LogP) is 2.51. The number of nitrogens with zero attached hydrogens (tertiary/aromatic N) is 1. The fourth-order valence-electron chi connectivity index (χ4n) is 1.59. The smallest absolute Gasteiger partial charge is 0.122 e. The summed E-state index contributed by atoms with van der Waals surface area (Å²) in [5.74, 6) is 1.88. The van der Waals surface area contributed by atoms with E-state index in [1.807, 2.05) is 12.1 Å². The van der Waals surface area contributed by atoms with Crippen LogP contribution in [-0.2, 0) is 0 Å². The first-order valence-electron chi connectivity index (χ1n) is 5.96. The lowest BCUT2D eigenvalue weighted by atomic mass is 10.1. The van der Waals surface area contributed by atoms with Crippen molar-refractivity contribution in [2.24, 2.45) is 5.92 Å². The molecule has 0 radical (unpaired) electrons. The molecule has 0 aromatic heterocycles. The summed E-state index contributed by atoms with van der Waals surface area (Å²) in [5, 5.41) is 12.4. The Morgan fingerprint density at radius 2 is 1.72 bits per heavy atom. The number of rotatable bonds is 6. The maximum Gasteiger partial charge on any atom is 0.122 e. The predicted molar refractivity (Wildman–Crippen MR) is 70.7 cm³/mol. The van der Waals surface area contributed by atoms with Crippen molar-refractivity contribution in [3.05, 3.63) is 23.8 Å². The molecule has 1 unspecified atom stereocenters. The second-order valence-electron chi connectivity index (χ2n) is 4.51. The maximum atomic E-state index is 9.23. The molecule has 1 rings (SSSR count). The molecule has 0 aliphatic carbocycles. The Bertz CT molecular complexity index is 402. The van der Waals surface area contributed by atoms with Crippen LogP contribution >= 0.6 is 0 Å². The van der Waals surface area contributed by atoms with Gasteiger partial charge in [0, 0.05) is 6.07 Å². The number of nitriles is 1. The zero-order chi connectivity index (χ0) is 13.5. The van der Waals surface area contributed by atoms with Crippen molar-refractivity contribution >= 4 is 0 Å². The standard InChI is InChI=1S/C14H20N2O2/c1-10(2)9-16-14(8-15)11-5-12(17-3)7-13(6-11)18-4/h5-7,10,14,16H,9H2,1-4H3. The lowest BCUT2D eigenvalue weighted by molar-refractivity contribution is 0.392. The van der Waals surface area contributed by atoms with E-state index in [0.29, 0.717) is 17.4 Å². The zero-order valence-electron chi connectivity index (χ0n) is 11.4. The SMILES string of the molecule is COc1cc(OC)cc(C(C#N)NCC(C)C)c1. The van der Waals surface area contributed by atoms with Crippen LogP contribution in [0.2, 0.25) is 0 Å². The summed E-state index contributed by atoms with van der Waals surface area (Å²) in [6, 6.07) is 7.40. The first-order valence-corrected chi connectivity index (χ1v) is 5.96. The van der Waals surface area contributed by atoms with Gasteiger partial charge in [-0.25, -0.2) is 0 Å². The number of nitrogens with one attached hydrogen (secondary N) is 1. The van der Waals surface area contributed by atoms with Gasteiger partial charge in [-0.1, -0.05) is 13.8 Å². The molecule has 0 amide bonds. The van der Waals surface area contributed by atoms with Gasteiger partial charge in [-0.05, 0) is 30.2 Å². The van der Waals surface area contributed by atoms with Crippen molar-refractivity contribution in [3.8, 4) is 17.6 Å². The molecule has 4 heteroatoms. The van der Waals surface area contributed by atoms with Gasteiger partial charge in [0.1, 0.15) is 17.5 Å². The Kier molecular flexibility index (Phi) is 5.47. The van der Waals surface area contributed by atoms with E-state index >= 15 is 0 Å². The van der Waals surface area contributed by atoms with Crippen LogP contribution in [0.1, 0.15) is 25.5 Å². The van der Waals surface area contributed by atoms with Gasteiger partial charge in [0.25, 0.3) is 0 Å². The molecular formula is C14H20N2O2. The van der Waals surface area contributed by atoms with Crippen LogP contribution in [0.4, 0.5) is 0 Å². The van der Waals surface area contributed by atoms with E-state index in [9.17, 15) is 5.26 Å². The summed E-state index contributed by atoms with van der Waals surface area (Å²) in [7, 11) is 3.20. The molecule has 1 N–H and O–H groups in total. The largest absolute Gasteiger partial charge is 0.497 e. The number of ether oxygens (including phenoxy) is 2. The lowest BCUT2D eigenvalue weighted by Gasteiger charge is -2.15. The number of hydrogen-bond donors (Lipinski definition) is 1. The fourth-order valence-corrected chi connectivity index (χ4v) is 1.59. The first kappa shape index (κ1) is 14.3. The highest BCUT2D eigenvalue weighted by atomic mass is 16.5. The highest BCUT2D eigenvalue weighted by Crippen LogP contribution is 2.26. The van der Waals surface area contributed by atoms with Gasteiger partial charge in [0.15, 0.2) is 0 Å². The van der Waals surface area contributed by atoms with Gasteiger partial charge >= 0.3 is 0 Å². The van der Waals surface area contributed by atoms with Crippen LogP contribution in [0.25, 0.3) is 0 Å². The third kappa shape index (κ3) is 3.94. The highest BCUT2D eigenvalue weighted by Gasteiger charge is 2.13. The zero-order valence-corrected chi connectivity index (χ0v) is 11.4. The Balaban J connectivity index is 2.94. The van der Waals surface area contributed by atoms with Gasteiger partial charge < -0.3 is 9.47 Å². The van der Waals surface area contributed by atoms with Crippen LogP contribution in [-0.4, -0.2) is 20.8 Å². The minimum Gasteiger partial charge on any atom is -0.497 e. The van der Waals surface area contributed by atoms with Crippen molar-refractivity contribution in [2.75, 3.05) is 20.8 Å². The van der Waals surface area contributed by atoms with Gasteiger partial charge in [-0.2, -0.15) is 5.26 Å². The Morgan fingerprint density at radius 1 is 1.17 bits per heavy atom. The Labute approximate surface area is 109 Å². The molecule has 0 aliphatic rings. The Morgan fingerprint density at radius 3 is 2.11 bits per heavy atom. The summed E-state index contributed by atoms with van der Waals surface area (Å²) in [6.45, 7) is 5.00. The van der Waals surface area contributed by atoms with E-state index in [-0.39, 0.29) is 6.04 Å². The van der Waals surface area contributed by atoms with E-state index < -0.39 is 0 Å². The number of hydrogen-bond acceptors (Lipinski definition) is 4. The molecule has 1 atom stereocenters. The van der Waals surface area contributed by atoms with E-state index in [0.717, 1.165) is 12.1 Å². The molecule has 0 saturated carbocycles. The minimum atomic E-state index is -0.351. The van der Waals surface area contributed by atoms with Crippen LogP contribution in [0.3, 0.4) is 0 Å². The van der Waals surface area contributed by atoms with Crippen molar-refractivity contribution in [3.63, 3.8) is 0 Å². The van der Waals surface area contributed by atoms with E-state index in [1.165, 1.54) is 0 Å². The van der Waals surface area contributed by atoms with E-state index in [4.69, 9.17) is 9.47 Å². The molecular weight excluding hydrogens is 228 g/mol. The van der Waals surface area contributed by atoms with Gasteiger partial charge in [0.2, 0.25) is 0 Å². The Hall–Kier alpha value is -1.73. The van der Waals surface area contributed by atoms with Crippen molar-refractivity contribution in [1.29, 1.82) is 5.26 Å². The van der Waals surface area contributed by atoms with Crippen LogP contribution in [0.15, 0.2) is 18.2 Å². The average molecular weight is 248 g/mol. The molecule has 0 bridgehead atoms. The molecule has 0 heterocycles. The van der Waals surface area contributed by atoms with Crippen molar-refractivity contribution in [1.82, 2.24) is 5.32 Å². The molecule has 0 saturated heterocycles. The monoisotopic (exact) mass is 248 g/mol. The normalized spacial score (nSPS) is 12.0. The fraction of sp³-hybridized carbons (Fsp3) is 0.500. The van der Waals surface area contributed by atoms with Gasteiger partial charge in [-0.15, -0.1) is 0 Å². The third-order valence-corrected chi connectivity index (χ3v) is 2.57. The molecule has 1 aromatic rings. The summed E-state index contributed by atoms with van der Waals surface area (Å²) in [5.41, 5.74) is 0.856. The second kappa shape index (κ2) is 6.87. The van der Waals surface area contributed by atoms with Crippen LogP contribution in [0.5, 0.6) is 11.5 Å². The van der Waals surface area contributed by atoms with Crippen molar-refractivity contribution < 1.29 is 9.47 Å². The van der Waals surface area contributed by atoms with Gasteiger partial charge in [-0.3, -0.25) is 5.32 Å². The second-order valence-corrected chi connectivity index (χ2v) is 4.51. The molecule has 98 valence electrons. The topological polar surface area (TPSA) is 54.3 Å². The summed E-state index contributed by atoms with van der Waals surface area (Å²) in [6.07, 6.45) is 0. The first-order chi connectivity index (χ1) is 8.60. The molecule has 4 nitrogen and oxygen atoms in total. The molecule has 0 aliphatic heterocycles. The lowest BCUT2D eigenvalue weighted by Crippen LogP contribution is -2.24. The average Bonchev–Trinajstić information content (AvgIpc) is 2.38. The molecule has 1 aromatic carbocycles. The number of benzene rings is 1. The number of methoxy groups -OCH3 is 2. The summed E-state index contributed by atoms with van der Waals surface area (Å²) in [4.78, 5) is 0. The quantitative estimate of drug-likeness (QED) is 0.840. The van der Waals surface area contributed by atoms with Crippen LogP contribution in [0, 0.1) is 17.2 Å². The highest BCUT2D eigenvalue weighted by molar-refractivity contribution is 5.41. The third-order valence-electron chi connectivity index (χ3n) is 2.57. The van der Waals surface area contributed by atoms with Crippen molar-refractivity contribution in [2.45, 2.75) is 19.9 Å². The van der Waals surface area contributed by atoms with E-state index in [1.54, 1.807) is 20.3 Å². The van der Waals surface area contributed by atoms with Crippen LogP contribution < -0.4 is 14.8 Å². The molecule has 18 heavy (non-hydrogen) atoms. The summed E-state index contributed by atoms with van der Waals surface area (Å²) >= 11 is 0.